The van der Waals surface area contributed by atoms with Gasteiger partial charge in [0.15, 0.2) is 0 Å². The smallest absolute Gasteiger partial charge is 0.0622 e. The van der Waals surface area contributed by atoms with Crippen LogP contribution in [-0.2, 0) is 0 Å². The SMILES string of the molecule is [2H]c1c([2H])c([2H])c2c(-c3ccccc3-c3ccccc3)c3c([2H])c(-c4ccc5ccccc5c4)c([2H])c([2H])c3c(-c3ccccc3)c2c1[2H]. The molecular formula is C42H28. The molecular weight excluding hydrogens is 504 g/mol. The quantitative estimate of drug-likeness (QED) is 0.195. The van der Waals surface area contributed by atoms with Crippen LogP contribution in [0.1, 0.15) is 9.60 Å². The fraction of sp³-hybridized carbons (Fsp3) is 0. The highest BCUT2D eigenvalue weighted by atomic mass is 14.2. The second-order valence-corrected chi connectivity index (χ2v) is 10.3. The molecule has 0 saturated carbocycles. The molecule has 0 spiro atoms. The summed E-state index contributed by atoms with van der Waals surface area (Å²) in [7, 11) is 0. The van der Waals surface area contributed by atoms with E-state index in [1.807, 2.05) is 127 Å². The molecule has 42 heavy (non-hydrogen) atoms. The maximum Gasteiger partial charge on any atom is 0.0636 e. The van der Waals surface area contributed by atoms with E-state index < -0.39 is 0 Å². The number of hydrogen-bond acceptors (Lipinski definition) is 0. The summed E-state index contributed by atoms with van der Waals surface area (Å²) in [6.07, 6.45) is 0. The minimum atomic E-state index is -0.382. The van der Waals surface area contributed by atoms with Crippen molar-refractivity contribution in [3.63, 3.8) is 0 Å². The van der Waals surface area contributed by atoms with Gasteiger partial charge in [-0.25, -0.2) is 0 Å². The average molecular weight is 540 g/mol. The second kappa shape index (κ2) is 10.2. The fourth-order valence-corrected chi connectivity index (χ4v) is 5.94. The van der Waals surface area contributed by atoms with Gasteiger partial charge in [0.1, 0.15) is 0 Å². The molecule has 0 heterocycles. The van der Waals surface area contributed by atoms with E-state index in [9.17, 15) is 6.85 Å². The van der Waals surface area contributed by atoms with Gasteiger partial charge in [0, 0.05) is 0 Å². The lowest BCUT2D eigenvalue weighted by molar-refractivity contribution is 1.60. The van der Waals surface area contributed by atoms with Crippen molar-refractivity contribution in [1.82, 2.24) is 0 Å². The predicted octanol–water partition coefficient (Wildman–Crippen LogP) is 11.8. The Labute approximate surface area is 256 Å². The number of hydrogen-bond donors (Lipinski definition) is 0. The Morgan fingerprint density at radius 2 is 0.952 bits per heavy atom. The molecule has 8 aromatic carbocycles. The average Bonchev–Trinajstić information content (AvgIpc) is 3.15. The van der Waals surface area contributed by atoms with Crippen molar-refractivity contribution < 1.29 is 9.60 Å². The van der Waals surface area contributed by atoms with E-state index in [2.05, 4.69) is 0 Å². The maximum absolute atomic E-state index is 9.95. The summed E-state index contributed by atoms with van der Waals surface area (Å²) in [6.45, 7) is 0. The van der Waals surface area contributed by atoms with Gasteiger partial charge in [-0.05, 0) is 88.9 Å². The Morgan fingerprint density at radius 1 is 0.357 bits per heavy atom. The minimum Gasteiger partial charge on any atom is -0.0622 e. The van der Waals surface area contributed by atoms with Crippen LogP contribution in [0.5, 0.6) is 0 Å². The van der Waals surface area contributed by atoms with Gasteiger partial charge in [-0.15, -0.1) is 0 Å². The monoisotopic (exact) mass is 539 g/mol. The zero-order valence-corrected chi connectivity index (χ0v) is 22.6. The van der Waals surface area contributed by atoms with Gasteiger partial charge in [0.2, 0.25) is 0 Å². The highest BCUT2D eigenvalue weighted by Gasteiger charge is 2.19. The first kappa shape index (κ1) is 18.1. The largest absolute Gasteiger partial charge is 0.0636 e. The fourth-order valence-electron chi connectivity index (χ4n) is 5.94. The molecule has 196 valence electrons. The number of fused-ring (bicyclic) bond motifs is 3. The molecule has 0 radical (unpaired) electrons. The molecule has 0 fully saturated rings. The van der Waals surface area contributed by atoms with Crippen LogP contribution in [-0.4, -0.2) is 0 Å². The topological polar surface area (TPSA) is 0 Å². The van der Waals surface area contributed by atoms with Crippen molar-refractivity contribution in [3.8, 4) is 44.5 Å². The van der Waals surface area contributed by atoms with Crippen LogP contribution in [0.25, 0.3) is 76.8 Å². The molecule has 0 unspecified atom stereocenters. The molecule has 0 aliphatic heterocycles. The third kappa shape index (κ3) is 4.08. The van der Waals surface area contributed by atoms with Crippen molar-refractivity contribution in [2.75, 3.05) is 0 Å². The third-order valence-corrected chi connectivity index (χ3v) is 7.88. The standard InChI is InChI=1S/C42H28/c1-3-14-30(15-4-1)35-19-9-10-20-36(35)42-38-22-12-11-21-37(38)41(31-16-5-2-6-17-31)39-26-25-34(28-40(39)42)33-24-23-29-13-7-8-18-32(29)27-33/h1-28H/i11D,12D,21D,22D,25D,26D,28D. The first-order valence-corrected chi connectivity index (χ1v) is 14.0. The first-order valence-electron chi connectivity index (χ1n) is 17.5. The Hall–Kier alpha value is -5.46. The molecule has 0 atom stereocenters. The maximum atomic E-state index is 9.95. The van der Waals surface area contributed by atoms with Crippen molar-refractivity contribution >= 4 is 32.3 Å². The van der Waals surface area contributed by atoms with E-state index in [1.165, 1.54) is 0 Å². The lowest BCUT2D eigenvalue weighted by Gasteiger charge is -2.20. The van der Waals surface area contributed by atoms with Gasteiger partial charge in [-0.1, -0.05) is 158 Å². The molecule has 0 aromatic heterocycles. The van der Waals surface area contributed by atoms with Crippen LogP contribution in [0.2, 0.25) is 0 Å². The Balaban J connectivity index is 1.67. The Kier molecular flexibility index (Phi) is 4.38. The summed E-state index contributed by atoms with van der Waals surface area (Å²) in [4.78, 5) is 0. The van der Waals surface area contributed by atoms with E-state index in [1.54, 1.807) is 0 Å². The molecule has 0 amide bonds. The molecule has 0 nitrogen and oxygen atoms in total. The van der Waals surface area contributed by atoms with Crippen LogP contribution >= 0.6 is 0 Å². The van der Waals surface area contributed by atoms with Gasteiger partial charge >= 0.3 is 0 Å². The van der Waals surface area contributed by atoms with Crippen molar-refractivity contribution in [2.45, 2.75) is 0 Å². The first-order chi connectivity index (χ1) is 23.8. The lowest BCUT2D eigenvalue weighted by Crippen LogP contribution is -1.93. The Bertz CT molecular complexity index is 2610. The van der Waals surface area contributed by atoms with Gasteiger partial charge in [-0.3, -0.25) is 0 Å². The van der Waals surface area contributed by atoms with E-state index in [0.717, 1.165) is 21.9 Å². The lowest BCUT2D eigenvalue weighted by atomic mass is 9.83. The van der Waals surface area contributed by atoms with E-state index in [-0.39, 0.29) is 53.1 Å². The molecule has 0 aliphatic rings. The van der Waals surface area contributed by atoms with Gasteiger partial charge in [0.05, 0.1) is 9.60 Å². The third-order valence-electron chi connectivity index (χ3n) is 7.88. The van der Waals surface area contributed by atoms with Crippen molar-refractivity contribution in [2.24, 2.45) is 0 Å². The molecule has 0 bridgehead atoms. The summed E-state index contributed by atoms with van der Waals surface area (Å²) in [5.41, 5.74) is 4.80. The van der Waals surface area contributed by atoms with Crippen LogP contribution < -0.4 is 0 Å². The molecule has 8 aromatic rings. The zero-order valence-electron chi connectivity index (χ0n) is 29.6. The number of rotatable bonds is 4. The second-order valence-electron chi connectivity index (χ2n) is 10.3. The molecule has 0 aliphatic carbocycles. The van der Waals surface area contributed by atoms with E-state index in [0.29, 0.717) is 44.2 Å². The van der Waals surface area contributed by atoms with Crippen LogP contribution in [0.4, 0.5) is 0 Å². The highest BCUT2D eigenvalue weighted by molar-refractivity contribution is 6.23. The summed E-state index contributed by atoms with van der Waals surface area (Å²) in [5.74, 6) is 0. The van der Waals surface area contributed by atoms with Gasteiger partial charge in [0.25, 0.3) is 0 Å². The Morgan fingerprint density at radius 3 is 1.71 bits per heavy atom. The van der Waals surface area contributed by atoms with Crippen LogP contribution in [0.15, 0.2) is 170 Å². The minimum absolute atomic E-state index is 0.0237. The number of benzene rings is 8. The van der Waals surface area contributed by atoms with E-state index in [4.69, 9.17) is 2.74 Å². The predicted molar refractivity (Wildman–Crippen MR) is 181 cm³/mol. The van der Waals surface area contributed by atoms with Gasteiger partial charge in [-0.2, -0.15) is 0 Å². The zero-order chi connectivity index (χ0) is 34.0. The van der Waals surface area contributed by atoms with Crippen molar-refractivity contribution in [3.05, 3.63) is 170 Å². The van der Waals surface area contributed by atoms with Crippen LogP contribution in [0.3, 0.4) is 0 Å². The van der Waals surface area contributed by atoms with E-state index >= 15 is 0 Å². The summed E-state index contributed by atoms with van der Waals surface area (Å²) < 4.78 is 65.1. The summed E-state index contributed by atoms with van der Waals surface area (Å²) in [5, 5.41) is 3.16. The van der Waals surface area contributed by atoms with Crippen LogP contribution in [0, 0.1) is 0 Å². The normalized spacial score (nSPS) is 13.7. The summed E-state index contributed by atoms with van der Waals surface area (Å²) in [6, 6.07) is 38.9. The summed E-state index contributed by atoms with van der Waals surface area (Å²) >= 11 is 0. The van der Waals surface area contributed by atoms with Gasteiger partial charge < -0.3 is 0 Å². The molecule has 0 N–H and O–H groups in total. The highest BCUT2D eigenvalue weighted by Crippen LogP contribution is 2.47. The molecule has 0 saturated heterocycles. The molecule has 0 heteroatoms. The molecule has 8 rings (SSSR count). The van der Waals surface area contributed by atoms with Crippen molar-refractivity contribution in [1.29, 1.82) is 0 Å².